The van der Waals surface area contributed by atoms with Gasteiger partial charge in [0.2, 0.25) is 0 Å². The molecule has 0 aromatic carbocycles. The molecule has 4 heteroatoms. The molecule has 19 heavy (non-hydrogen) atoms. The Hall–Kier alpha value is -1.84. The summed E-state index contributed by atoms with van der Waals surface area (Å²) in [7, 11) is 0. The van der Waals surface area contributed by atoms with E-state index in [-0.39, 0.29) is 0 Å². The Kier molecular flexibility index (Phi) is 4.20. The maximum absolute atomic E-state index is 5.49. The van der Waals surface area contributed by atoms with Crippen LogP contribution in [-0.2, 0) is 0 Å². The minimum Gasteiger partial charge on any atom is -0.461 e. The summed E-state index contributed by atoms with van der Waals surface area (Å²) in [6.45, 7) is 9.30. The van der Waals surface area contributed by atoms with Gasteiger partial charge in [0.1, 0.15) is 5.82 Å². The van der Waals surface area contributed by atoms with Crippen molar-refractivity contribution in [2.24, 2.45) is 0 Å². The van der Waals surface area contributed by atoms with Gasteiger partial charge in [-0.15, -0.1) is 0 Å². The molecule has 0 spiro atoms. The van der Waals surface area contributed by atoms with Crippen molar-refractivity contribution in [2.75, 3.05) is 11.9 Å². The molecule has 1 N–H and O–H groups in total. The molecule has 0 unspecified atom stereocenters. The van der Waals surface area contributed by atoms with Crippen molar-refractivity contribution in [2.45, 2.75) is 40.0 Å². The van der Waals surface area contributed by atoms with Gasteiger partial charge in [-0.25, -0.2) is 9.97 Å². The average molecular weight is 259 g/mol. The molecule has 2 heterocycles. The standard InChI is InChI=1S/C15H21N3O/c1-5-7-16-13-9-12(10(2)3)17-15(18-13)14-11(4)6-8-19-14/h6,8-10H,5,7H2,1-4H3,(H,16,17,18). The van der Waals surface area contributed by atoms with Gasteiger partial charge < -0.3 is 9.73 Å². The molecule has 102 valence electrons. The van der Waals surface area contributed by atoms with Crippen molar-refractivity contribution in [3.63, 3.8) is 0 Å². The number of hydrogen-bond donors (Lipinski definition) is 1. The summed E-state index contributed by atoms with van der Waals surface area (Å²) in [5, 5.41) is 3.32. The first-order valence-electron chi connectivity index (χ1n) is 6.79. The van der Waals surface area contributed by atoms with Gasteiger partial charge in [-0.1, -0.05) is 20.8 Å². The molecule has 0 aliphatic carbocycles. The summed E-state index contributed by atoms with van der Waals surface area (Å²) < 4.78 is 5.49. The molecule has 0 bridgehead atoms. The van der Waals surface area contributed by atoms with Crippen LogP contribution in [0.15, 0.2) is 22.8 Å². The van der Waals surface area contributed by atoms with Gasteiger partial charge in [0.15, 0.2) is 11.6 Å². The summed E-state index contributed by atoms with van der Waals surface area (Å²) in [4.78, 5) is 9.14. The maximum Gasteiger partial charge on any atom is 0.198 e. The molecule has 0 radical (unpaired) electrons. The molecule has 2 rings (SSSR count). The van der Waals surface area contributed by atoms with E-state index in [2.05, 4.69) is 36.1 Å². The number of aryl methyl sites for hydroxylation is 1. The Labute approximate surface area is 114 Å². The van der Waals surface area contributed by atoms with Gasteiger partial charge in [0.25, 0.3) is 0 Å². The third kappa shape index (κ3) is 3.13. The topological polar surface area (TPSA) is 51.0 Å². The van der Waals surface area contributed by atoms with E-state index in [9.17, 15) is 0 Å². The van der Waals surface area contributed by atoms with Crippen molar-refractivity contribution in [1.29, 1.82) is 0 Å². The first-order chi connectivity index (χ1) is 9.11. The van der Waals surface area contributed by atoms with Gasteiger partial charge in [0.05, 0.1) is 6.26 Å². The van der Waals surface area contributed by atoms with E-state index < -0.39 is 0 Å². The molecular formula is C15H21N3O. The smallest absolute Gasteiger partial charge is 0.198 e. The predicted molar refractivity (Wildman–Crippen MR) is 77.3 cm³/mol. The summed E-state index contributed by atoms with van der Waals surface area (Å²) in [6.07, 6.45) is 2.74. The van der Waals surface area contributed by atoms with Crippen molar-refractivity contribution < 1.29 is 4.42 Å². The van der Waals surface area contributed by atoms with E-state index in [1.54, 1.807) is 6.26 Å². The fourth-order valence-corrected chi connectivity index (χ4v) is 1.81. The summed E-state index contributed by atoms with van der Waals surface area (Å²) in [5.41, 5.74) is 2.08. The van der Waals surface area contributed by atoms with Crippen LogP contribution in [0, 0.1) is 6.92 Å². The first kappa shape index (κ1) is 13.6. The van der Waals surface area contributed by atoms with E-state index in [0.717, 1.165) is 35.8 Å². The van der Waals surface area contributed by atoms with Gasteiger partial charge in [-0.05, 0) is 30.9 Å². The van der Waals surface area contributed by atoms with Crippen LogP contribution >= 0.6 is 0 Å². The number of hydrogen-bond acceptors (Lipinski definition) is 4. The second kappa shape index (κ2) is 5.87. The van der Waals surface area contributed by atoms with Gasteiger partial charge in [-0.2, -0.15) is 0 Å². The maximum atomic E-state index is 5.49. The van der Waals surface area contributed by atoms with Crippen molar-refractivity contribution in [3.05, 3.63) is 29.7 Å². The molecule has 0 saturated heterocycles. The Morgan fingerprint density at radius 1 is 1.32 bits per heavy atom. The van der Waals surface area contributed by atoms with E-state index >= 15 is 0 Å². The molecule has 0 aliphatic heterocycles. The van der Waals surface area contributed by atoms with E-state index in [1.807, 2.05) is 19.1 Å². The van der Waals surface area contributed by atoms with Crippen LogP contribution in [0.4, 0.5) is 5.82 Å². The molecule has 2 aromatic heterocycles. The SMILES string of the molecule is CCCNc1cc(C(C)C)nc(-c2occc2C)n1. The van der Waals surface area contributed by atoms with Crippen LogP contribution in [-0.4, -0.2) is 16.5 Å². The van der Waals surface area contributed by atoms with E-state index in [1.165, 1.54) is 0 Å². The number of rotatable bonds is 5. The minimum absolute atomic E-state index is 0.360. The number of anilines is 1. The lowest BCUT2D eigenvalue weighted by Gasteiger charge is -2.10. The van der Waals surface area contributed by atoms with Gasteiger partial charge >= 0.3 is 0 Å². The molecule has 0 aliphatic rings. The number of furan rings is 1. The second-order valence-electron chi connectivity index (χ2n) is 5.02. The van der Waals surface area contributed by atoms with Crippen LogP contribution in [0.3, 0.4) is 0 Å². The first-order valence-corrected chi connectivity index (χ1v) is 6.79. The minimum atomic E-state index is 0.360. The summed E-state index contributed by atoms with van der Waals surface area (Å²) in [5.74, 6) is 2.64. The van der Waals surface area contributed by atoms with Crippen LogP contribution in [0.2, 0.25) is 0 Å². The largest absolute Gasteiger partial charge is 0.461 e. The summed E-state index contributed by atoms with van der Waals surface area (Å²) >= 11 is 0. The number of nitrogens with zero attached hydrogens (tertiary/aromatic N) is 2. The molecule has 0 atom stereocenters. The highest BCUT2D eigenvalue weighted by Gasteiger charge is 2.13. The van der Waals surface area contributed by atoms with E-state index in [0.29, 0.717) is 11.7 Å². The van der Waals surface area contributed by atoms with Crippen LogP contribution in [0.5, 0.6) is 0 Å². The zero-order chi connectivity index (χ0) is 13.8. The lowest BCUT2D eigenvalue weighted by atomic mass is 10.1. The van der Waals surface area contributed by atoms with E-state index in [4.69, 9.17) is 4.42 Å². The fraction of sp³-hybridized carbons (Fsp3) is 0.467. The van der Waals surface area contributed by atoms with Crippen LogP contribution < -0.4 is 5.32 Å². The predicted octanol–water partition coefficient (Wildman–Crippen LogP) is 3.99. The highest BCUT2D eigenvalue weighted by Crippen LogP contribution is 2.24. The zero-order valence-corrected chi connectivity index (χ0v) is 12.0. The zero-order valence-electron chi connectivity index (χ0n) is 12.0. The lowest BCUT2D eigenvalue weighted by Crippen LogP contribution is -2.06. The Morgan fingerprint density at radius 2 is 2.11 bits per heavy atom. The lowest BCUT2D eigenvalue weighted by molar-refractivity contribution is 0.574. The molecule has 0 saturated carbocycles. The van der Waals surface area contributed by atoms with Crippen LogP contribution in [0.1, 0.15) is 44.4 Å². The molecular weight excluding hydrogens is 238 g/mol. The Balaban J connectivity index is 2.42. The van der Waals surface area contributed by atoms with Crippen LogP contribution in [0.25, 0.3) is 11.6 Å². The molecule has 0 fully saturated rings. The van der Waals surface area contributed by atoms with Crippen molar-refractivity contribution >= 4 is 5.82 Å². The fourth-order valence-electron chi connectivity index (χ4n) is 1.81. The average Bonchev–Trinajstić information content (AvgIpc) is 2.82. The quantitative estimate of drug-likeness (QED) is 0.882. The third-order valence-corrected chi connectivity index (χ3v) is 2.96. The van der Waals surface area contributed by atoms with Gasteiger partial charge in [0, 0.05) is 18.3 Å². The Morgan fingerprint density at radius 3 is 2.68 bits per heavy atom. The monoisotopic (exact) mass is 259 g/mol. The molecule has 4 nitrogen and oxygen atoms in total. The highest BCUT2D eigenvalue weighted by atomic mass is 16.3. The van der Waals surface area contributed by atoms with Crippen molar-refractivity contribution in [1.82, 2.24) is 9.97 Å². The number of aromatic nitrogens is 2. The number of nitrogens with one attached hydrogen (secondary N) is 1. The highest BCUT2D eigenvalue weighted by molar-refractivity contribution is 5.55. The van der Waals surface area contributed by atoms with Gasteiger partial charge in [-0.3, -0.25) is 0 Å². The normalized spacial score (nSPS) is 11.0. The second-order valence-corrected chi connectivity index (χ2v) is 5.02. The third-order valence-electron chi connectivity index (χ3n) is 2.96. The summed E-state index contributed by atoms with van der Waals surface area (Å²) in [6, 6.07) is 3.95. The van der Waals surface area contributed by atoms with Crippen molar-refractivity contribution in [3.8, 4) is 11.6 Å². The molecule has 2 aromatic rings. The Bertz CT molecular complexity index is 546. The molecule has 0 amide bonds.